The van der Waals surface area contributed by atoms with Crippen molar-refractivity contribution in [2.75, 3.05) is 7.11 Å². The van der Waals surface area contributed by atoms with Gasteiger partial charge in [0.1, 0.15) is 22.6 Å². The maximum atomic E-state index is 12.0. The van der Waals surface area contributed by atoms with Crippen molar-refractivity contribution in [1.82, 2.24) is 29.4 Å². The maximum Gasteiger partial charge on any atom is 0.348 e. The van der Waals surface area contributed by atoms with Crippen LogP contribution in [0, 0.1) is 20.8 Å². The molecule has 4 aromatic rings. The van der Waals surface area contributed by atoms with E-state index < -0.39 is 0 Å². The van der Waals surface area contributed by atoms with Gasteiger partial charge >= 0.3 is 5.97 Å². The summed E-state index contributed by atoms with van der Waals surface area (Å²) in [6.45, 7) is 6.03. The highest BCUT2D eigenvalue weighted by Crippen LogP contribution is 2.32. The van der Waals surface area contributed by atoms with E-state index in [2.05, 4.69) is 20.2 Å². The summed E-state index contributed by atoms with van der Waals surface area (Å²) in [6.07, 6.45) is 1.60. The fraction of sp³-hybridized carbons (Fsp3) is 0.312. The van der Waals surface area contributed by atoms with E-state index in [1.54, 1.807) is 15.5 Å². The lowest BCUT2D eigenvalue weighted by molar-refractivity contribution is 0.0605. The summed E-state index contributed by atoms with van der Waals surface area (Å²) < 4.78 is 8.24. The number of methoxy groups -OCH3 is 1. The van der Waals surface area contributed by atoms with Crippen LogP contribution in [0.1, 0.15) is 32.4 Å². The fourth-order valence-electron chi connectivity index (χ4n) is 2.90. The molecule has 0 N–H and O–H groups in total. The molecule has 0 spiro atoms. The second-order valence-electron chi connectivity index (χ2n) is 5.91. The van der Waals surface area contributed by atoms with Crippen molar-refractivity contribution in [3.8, 4) is 0 Å². The molecule has 0 saturated heterocycles. The Morgan fingerprint density at radius 3 is 2.73 bits per heavy atom. The Hall–Kier alpha value is -2.52. The third kappa shape index (κ3) is 2.46. The van der Waals surface area contributed by atoms with Gasteiger partial charge < -0.3 is 4.74 Å². The van der Waals surface area contributed by atoms with Gasteiger partial charge in [-0.15, -0.1) is 16.4 Å². The SMILES string of the molecule is COC(=O)c1sc2ncn3nc(Cn4nc(C)c(Cl)c4C)nc3c2c1C. The number of aromatic nitrogens is 6. The van der Waals surface area contributed by atoms with Gasteiger partial charge in [0.05, 0.1) is 28.9 Å². The monoisotopic (exact) mass is 390 g/mol. The number of thiophene rings is 1. The molecule has 0 radical (unpaired) electrons. The normalized spacial score (nSPS) is 11.6. The van der Waals surface area contributed by atoms with Crippen molar-refractivity contribution in [3.63, 3.8) is 0 Å². The molecular weight excluding hydrogens is 376 g/mol. The number of halogens is 1. The number of aryl methyl sites for hydroxylation is 2. The molecule has 0 aromatic carbocycles. The molecule has 0 aliphatic rings. The second-order valence-corrected chi connectivity index (χ2v) is 7.29. The Balaban J connectivity index is 1.84. The Kier molecular flexibility index (Phi) is 3.92. The van der Waals surface area contributed by atoms with Crippen LogP contribution >= 0.6 is 22.9 Å². The molecule has 26 heavy (non-hydrogen) atoms. The number of carbonyl (C=O) groups is 1. The zero-order valence-electron chi connectivity index (χ0n) is 14.6. The van der Waals surface area contributed by atoms with Crippen molar-refractivity contribution in [2.45, 2.75) is 27.3 Å². The van der Waals surface area contributed by atoms with Crippen LogP contribution in [0.15, 0.2) is 6.33 Å². The first-order chi connectivity index (χ1) is 12.4. The second kappa shape index (κ2) is 6.03. The van der Waals surface area contributed by atoms with E-state index in [9.17, 15) is 4.79 Å². The van der Waals surface area contributed by atoms with Crippen LogP contribution < -0.4 is 0 Å². The summed E-state index contributed by atoms with van der Waals surface area (Å²) in [6, 6.07) is 0. The van der Waals surface area contributed by atoms with Crippen LogP contribution in [0.3, 0.4) is 0 Å². The largest absolute Gasteiger partial charge is 0.465 e. The summed E-state index contributed by atoms with van der Waals surface area (Å²) in [5, 5.41) is 10.4. The highest BCUT2D eigenvalue weighted by Gasteiger charge is 2.21. The molecule has 4 aromatic heterocycles. The molecule has 134 valence electrons. The minimum absolute atomic E-state index is 0.374. The van der Waals surface area contributed by atoms with Gasteiger partial charge in [-0.05, 0) is 26.3 Å². The van der Waals surface area contributed by atoms with Crippen molar-refractivity contribution < 1.29 is 9.53 Å². The van der Waals surface area contributed by atoms with E-state index in [0.717, 1.165) is 27.2 Å². The molecule has 0 aliphatic heterocycles. The van der Waals surface area contributed by atoms with E-state index in [0.29, 0.717) is 27.9 Å². The summed E-state index contributed by atoms with van der Waals surface area (Å²) in [4.78, 5) is 22.2. The first-order valence-corrected chi connectivity index (χ1v) is 9.01. The Morgan fingerprint density at radius 1 is 1.31 bits per heavy atom. The molecule has 0 fully saturated rings. The van der Waals surface area contributed by atoms with Crippen molar-refractivity contribution in [2.24, 2.45) is 0 Å². The molecule has 4 rings (SSSR count). The zero-order valence-corrected chi connectivity index (χ0v) is 16.1. The number of rotatable bonds is 3. The Labute approximate surface area is 157 Å². The van der Waals surface area contributed by atoms with Crippen LogP contribution in [-0.4, -0.2) is 42.4 Å². The van der Waals surface area contributed by atoms with Gasteiger partial charge in [-0.3, -0.25) is 4.68 Å². The number of fused-ring (bicyclic) bond motifs is 3. The lowest BCUT2D eigenvalue weighted by atomic mass is 10.2. The third-order valence-electron chi connectivity index (χ3n) is 4.27. The quantitative estimate of drug-likeness (QED) is 0.500. The minimum atomic E-state index is -0.374. The van der Waals surface area contributed by atoms with Crippen LogP contribution in [0.25, 0.3) is 15.9 Å². The van der Waals surface area contributed by atoms with E-state index >= 15 is 0 Å². The van der Waals surface area contributed by atoms with Crippen molar-refractivity contribution in [3.05, 3.63) is 39.0 Å². The molecule has 0 amide bonds. The molecule has 0 aliphatic carbocycles. The molecule has 0 saturated carbocycles. The summed E-state index contributed by atoms with van der Waals surface area (Å²) in [5.41, 5.74) is 3.09. The fourth-order valence-corrected chi connectivity index (χ4v) is 4.09. The van der Waals surface area contributed by atoms with Crippen molar-refractivity contribution in [1.29, 1.82) is 0 Å². The van der Waals surface area contributed by atoms with Gasteiger partial charge in [-0.1, -0.05) is 11.6 Å². The number of nitrogens with zero attached hydrogens (tertiary/aromatic N) is 6. The standard InChI is InChI=1S/C16H15ClN6O2S/c1-7-11-14-19-10(5-22-9(3)12(17)8(2)20-22)21-23(14)6-18-15(11)26-13(7)16(24)25-4/h6H,5H2,1-4H3. The van der Waals surface area contributed by atoms with Crippen LogP contribution in [0.5, 0.6) is 0 Å². The molecule has 0 bridgehead atoms. The van der Waals surface area contributed by atoms with Gasteiger partial charge in [-0.2, -0.15) is 5.10 Å². The number of hydrogen-bond acceptors (Lipinski definition) is 7. The average molecular weight is 391 g/mol. The predicted molar refractivity (Wildman–Crippen MR) is 98.1 cm³/mol. The first kappa shape index (κ1) is 16.9. The van der Waals surface area contributed by atoms with Gasteiger partial charge in [0.25, 0.3) is 0 Å². The molecular formula is C16H15ClN6O2S. The first-order valence-electron chi connectivity index (χ1n) is 7.82. The van der Waals surface area contributed by atoms with Crippen LogP contribution in [0.2, 0.25) is 5.02 Å². The lowest BCUT2D eigenvalue weighted by Gasteiger charge is -1.99. The highest BCUT2D eigenvalue weighted by molar-refractivity contribution is 7.20. The number of hydrogen-bond donors (Lipinski definition) is 0. The summed E-state index contributed by atoms with van der Waals surface area (Å²) in [5.74, 6) is 0.215. The number of ether oxygens (including phenoxy) is 1. The van der Waals surface area contributed by atoms with Gasteiger partial charge in [-0.25, -0.2) is 19.3 Å². The smallest absolute Gasteiger partial charge is 0.348 e. The summed E-state index contributed by atoms with van der Waals surface area (Å²) in [7, 11) is 1.36. The Bertz CT molecular complexity index is 1180. The summed E-state index contributed by atoms with van der Waals surface area (Å²) >= 11 is 7.50. The van der Waals surface area contributed by atoms with Gasteiger partial charge in [0.15, 0.2) is 11.5 Å². The highest BCUT2D eigenvalue weighted by atomic mass is 35.5. The molecule has 4 heterocycles. The van der Waals surface area contributed by atoms with Gasteiger partial charge in [0, 0.05) is 0 Å². The van der Waals surface area contributed by atoms with E-state index in [1.807, 2.05) is 20.8 Å². The van der Waals surface area contributed by atoms with Crippen LogP contribution in [-0.2, 0) is 11.3 Å². The van der Waals surface area contributed by atoms with Gasteiger partial charge in [0.2, 0.25) is 0 Å². The minimum Gasteiger partial charge on any atom is -0.465 e. The topological polar surface area (TPSA) is 87.2 Å². The predicted octanol–water partition coefficient (Wildman–Crippen LogP) is 2.95. The maximum absolute atomic E-state index is 12.0. The van der Waals surface area contributed by atoms with Crippen LogP contribution in [0.4, 0.5) is 0 Å². The van der Waals surface area contributed by atoms with Crippen molar-refractivity contribution >= 4 is 44.8 Å². The molecule has 10 heteroatoms. The average Bonchev–Trinajstić information content (AvgIpc) is 3.25. The zero-order chi connectivity index (χ0) is 18.6. The number of carbonyl (C=O) groups excluding carboxylic acids is 1. The molecule has 0 unspecified atom stereocenters. The number of esters is 1. The molecule has 0 atom stereocenters. The van der Waals surface area contributed by atoms with E-state index in [1.165, 1.54) is 18.4 Å². The Morgan fingerprint density at radius 2 is 2.08 bits per heavy atom. The van der Waals surface area contributed by atoms with E-state index in [4.69, 9.17) is 16.3 Å². The lowest BCUT2D eigenvalue weighted by Crippen LogP contribution is -2.05. The third-order valence-corrected chi connectivity index (χ3v) is 5.99. The molecule has 8 nitrogen and oxygen atoms in total. The van der Waals surface area contributed by atoms with E-state index in [-0.39, 0.29) is 5.97 Å².